The highest BCUT2D eigenvalue weighted by Crippen LogP contribution is 2.21. The first kappa shape index (κ1) is 14.1. The molecule has 0 bridgehead atoms. The van der Waals surface area contributed by atoms with Gasteiger partial charge in [0.1, 0.15) is 6.10 Å². The van der Waals surface area contributed by atoms with Crippen molar-refractivity contribution in [2.45, 2.75) is 32.8 Å². The fraction of sp³-hybridized carbons (Fsp3) is 0.545. The van der Waals surface area contributed by atoms with Gasteiger partial charge < -0.3 is 10.4 Å². The molecule has 2 N–H and O–H groups in total. The van der Waals surface area contributed by atoms with Gasteiger partial charge in [0.05, 0.1) is 4.88 Å². The smallest absolute Gasteiger partial charge is 0.265 e. The maximum atomic E-state index is 12.0. The Labute approximate surface area is 102 Å². The highest BCUT2D eigenvalue weighted by atomic mass is 32.1. The van der Waals surface area contributed by atoms with Crippen LogP contribution in [0.15, 0.2) is 6.07 Å². The number of carbonyl (C=O) groups excluding carboxylic acids is 1. The molecule has 1 rings (SSSR count). The summed E-state index contributed by atoms with van der Waals surface area (Å²) in [6.07, 6.45) is -3.83. The van der Waals surface area contributed by atoms with Crippen LogP contribution >= 0.6 is 11.3 Å². The Morgan fingerprint density at radius 3 is 2.71 bits per heavy atom. The van der Waals surface area contributed by atoms with Crippen molar-refractivity contribution in [3.63, 3.8) is 0 Å². The van der Waals surface area contributed by atoms with E-state index in [1.807, 2.05) is 13.8 Å². The van der Waals surface area contributed by atoms with Crippen molar-refractivity contribution in [3.05, 3.63) is 21.4 Å². The summed E-state index contributed by atoms with van der Waals surface area (Å²) in [5, 5.41) is 11.2. The van der Waals surface area contributed by atoms with Crippen LogP contribution in [0.5, 0.6) is 0 Å². The number of amides is 1. The summed E-state index contributed by atoms with van der Waals surface area (Å²) < 4.78 is 24.0. The predicted molar refractivity (Wildman–Crippen MR) is 62.8 cm³/mol. The zero-order valence-electron chi connectivity index (χ0n) is 9.67. The lowest BCUT2D eigenvalue weighted by molar-refractivity contribution is -0.00268. The Hall–Kier alpha value is -1.01. The van der Waals surface area contributed by atoms with Crippen LogP contribution in [0.1, 0.15) is 27.0 Å². The van der Waals surface area contributed by atoms with Gasteiger partial charge in [-0.25, -0.2) is 8.78 Å². The Balaban J connectivity index is 2.58. The van der Waals surface area contributed by atoms with Gasteiger partial charge >= 0.3 is 0 Å². The van der Waals surface area contributed by atoms with Crippen LogP contribution in [0, 0.1) is 6.92 Å². The molecule has 0 saturated carbocycles. The summed E-state index contributed by atoms with van der Waals surface area (Å²) in [5.74, 6) is -0.419. The van der Waals surface area contributed by atoms with E-state index in [1.165, 1.54) is 11.3 Å². The fourth-order valence-electron chi connectivity index (χ4n) is 1.36. The molecule has 96 valence electrons. The highest BCUT2D eigenvalue weighted by molar-refractivity contribution is 7.14. The molecule has 1 heterocycles. The van der Waals surface area contributed by atoms with E-state index in [0.717, 1.165) is 16.9 Å². The molecule has 1 aromatic rings. The molecule has 1 aromatic heterocycles. The summed E-state index contributed by atoms with van der Waals surface area (Å²) in [4.78, 5) is 13.1. The molecule has 0 aliphatic carbocycles. The number of nitrogens with one attached hydrogen (secondary N) is 1. The molecule has 0 saturated heterocycles. The number of alkyl halides is 2. The van der Waals surface area contributed by atoms with E-state index in [1.54, 1.807) is 6.07 Å². The van der Waals surface area contributed by atoms with Gasteiger partial charge in [0.15, 0.2) is 0 Å². The third kappa shape index (κ3) is 3.74. The minimum Gasteiger partial charge on any atom is -0.385 e. The first-order valence-corrected chi connectivity index (χ1v) is 6.11. The lowest BCUT2D eigenvalue weighted by Crippen LogP contribution is -2.35. The molecule has 0 spiro atoms. The van der Waals surface area contributed by atoms with Gasteiger partial charge in [0, 0.05) is 11.4 Å². The van der Waals surface area contributed by atoms with Crippen LogP contribution in [0.25, 0.3) is 0 Å². The van der Waals surface area contributed by atoms with Gasteiger partial charge in [-0.2, -0.15) is 0 Å². The summed E-state index contributed by atoms with van der Waals surface area (Å²) in [7, 11) is 0. The normalized spacial score (nSPS) is 12.8. The minimum atomic E-state index is -2.84. The lowest BCUT2D eigenvalue weighted by Gasteiger charge is -2.09. The van der Waals surface area contributed by atoms with Crippen molar-refractivity contribution in [2.75, 3.05) is 6.54 Å². The first-order valence-electron chi connectivity index (χ1n) is 5.29. The Morgan fingerprint density at radius 2 is 2.24 bits per heavy atom. The van der Waals surface area contributed by atoms with E-state index in [2.05, 4.69) is 5.32 Å². The van der Waals surface area contributed by atoms with Gasteiger partial charge in [-0.15, -0.1) is 11.3 Å². The average molecular weight is 263 g/mol. The van der Waals surface area contributed by atoms with Gasteiger partial charge in [0.2, 0.25) is 0 Å². The van der Waals surface area contributed by atoms with Crippen LogP contribution in [0.4, 0.5) is 8.78 Å². The van der Waals surface area contributed by atoms with E-state index in [9.17, 15) is 13.6 Å². The molecule has 1 amide bonds. The number of hydrogen-bond donors (Lipinski definition) is 2. The summed E-state index contributed by atoms with van der Waals surface area (Å²) in [5.41, 5.74) is 1.08. The molecular weight excluding hydrogens is 248 g/mol. The number of halogens is 2. The van der Waals surface area contributed by atoms with Crippen molar-refractivity contribution in [3.8, 4) is 0 Å². The van der Waals surface area contributed by atoms with Crippen molar-refractivity contribution in [1.29, 1.82) is 0 Å². The number of rotatable bonds is 5. The van der Waals surface area contributed by atoms with Crippen molar-refractivity contribution in [1.82, 2.24) is 5.32 Å². The Kier molecular flexibility index (Phi) is 5.02. The maximum Gasteiger partial charge on any atom is 0.265 e. The zero-order chi connectivity index (χ0) is 13.0. The maximum absolute atomic E-state index is 12.0. The predicted octanol–water partition coefficient (Wildman–Crippen LogP) is 1.97. The van der Waals surface area contributed by atoms with Crippen LogP contribution in [-0.4, -0.2) is 30.1 Å². The van der Waals surface area contributed by atoms with Crippen molar-refractivity contribution < 1.29 is 18.7 Å². The van der Waals surface area contributed by atoms with Gasteiger partial charge in [-0.05, 0) is 25.0 Å². The largest absolute Gasteiger partial charge is 0.385 e. The van der Waals surface area contributed by atoms with E-state index in [-0.39, 0.29) is 0 Å². The molecule has 1 unspecified atom stereocenters. The number of aliphatic hydroxyl groups excluding tert-OH is 1. The minimum absolute atomic E-state index is 0.419. The molecule has 0 fully saturated rings. The molecule has 1 atom stereocenters. The van der Waals surface area contributed by atoms with E-state index >= 15 is 0 Å². The summed E-state index contributed by atoms with van der Waals surface area (Å²) >= 11 is 1.33. The van der Waals surface area contributed by atoms with E-state index in [0.29, 0.717) is 4.88 Å². The number of thiophene rings is 1. The highest BCUT2D eigenvalue weighted by Gasteiger charge is 2.18. The third-order valence-electron chi connectivity index (χ3n) is 2.39. The second-order valence-corrected chi connectivity index (χ2v) is 4.91. The molecule has 6 heteroatoms. The van der Waals surface area contributed by atoms with Gasteiger partial charge in [-0.1, -0.05) is 6.92 Å². The Bertz CT molecular complexity index is 393. The zero-order valence-corrected chi connectivity index (χ0v) is 10.5. The lowest BCUT2D eigenvalue weighted by atomic mass is 10.2. The van der Waals surface area contributed by atoms with Crippen molar-refractivity contribution in [2.24, 2.45) is 0 Å². The monoisotopic (exact) mass is 263 g/mol. The van der Waals surface area contributed by atoms with E-state index < -0.39 is 25.0 Å². The number of carbonyl (C=O) groups is 1. The Morgan fingerprint density at radius 1 is 1.59 bits per heavy atom. The molecule has 0 radical (unpaired) electrons. The summed E-state index contributed by atoms with van der Waals surface area (Å²) in [6, 6.07) is 1.75. The van der Waals surface area contributed by atoms with Crippen LogP contribution in [0.2, 0.25) is 0 Å². The second kappa shape index (κ2) is 6.07. The summed E-state index contributed by atoms with van der Waals surface area (Å²) in [6.45, 7) is 3.46. The van der Waals surface area contributed by atoms with Crippen molar-refractivity contribution >= 4 is 17.2 Å². The molecule has 17 heavy (non-hydrogen) atoms. The molecule has 3 nitrogen and oxygen atoms in total. The first-order chi connectivity index (χ1) is 7.95. The average Bonchev–Trinajstić information content (AvgIpc) is 2.66. The molecular formula is C11H15F2NO2S. The standard InChI is InChI=1S/C11H15F2NO2S/c1-3-7-4-9(17-6(7)2)11(16)14-5-8(15)10(12)13/h4,8,10,15H,3,5H2,1-2H3,(H,14,16). The van der Waals surface area contributed by atoms with E-state index in [4.69, 9.17) is 5.11 Å². The molecule has 0 aliphatic rings. The molecule has 0 aliphatic heterocycles. The SMILES string of the molecule is CCc1cc(C(=O)NCC(O)C(F)F)sc1C. The topological polar surface area (TPSA) is 49.3 Å². The van der Waals surface area contributed by atoms with Crippen LogP contribution in [-0.2, 0) is 6.42 Å². The number of aliphatic hydroxyl groups is 1. The number of aryl methyl sites for hydroxylation is 2. The molecule has 0 aromatic carbocycles. The third-order valence-corrected chi connectivity index (χ3v) is 3.48. The fourth-order valence-corrected chi connectivity index (χ4v) is 2.39. The van der Waals surface area contributed by atoms with Crippen LogP contribution in [0.3, 0.4) is 0 Å². The van der Waals surface area contributed by atoms with Gasteiger partial charge in [-0.3, -0.25) is 4.79 Å². The number of hydrogen-bond acceptors (Lipinski definition) is 3. The quantitative estimate of drug-likeness (QED) is 0.853. The second-order valence-electron chi connectivity index (χ2n) is 3.66. The van der Waals surface area contributed by atoms with Crippen LogP contribution < -0.4 is 5.32 Å². The van der Waals surface area contributed by atoms with Gasteiger partial charge in [0.25, 0.3) is 12.3 Å².